The molecule has 0 radical (unpaired) electrons. The van der Waals surface area contributed by atoms with Gasteiger partial charge in [-0.05, 0) is 17.7 Å². The molecule has 0 saturated carbocycles. The first-order chi connectivity index (χ1) is 7.76. The lowest BCUT2D eigenvalue weighted by molar-refractivity contribution is 0.127. The molecule has 0 spiro atoms. The van der Waals surface area contributed by atoms with Crippen LogP contribution in [0.25, 0.3) is 0 Å². The van der Waals surface area contributed by atoms with Gasteiger partial charge in [-0.25, -0.2) is 0 Å². The molecule has 0 aliphatic heterocycles. The number of nitrogens with zero attached hydrogens (tertiary/aromatic N) is 1. The van der Waals surface area contributed by atoms with Crippen molar-refractivity contribution in [3.05, 3.63) is 29.8 Å². The summed E-state index contributed by atoms with van der Waals surface area (Å²) in [5, 5.41) is 11.2. The molecule has 0 heterocycles. The van der Waals surface area contributed by atoms with Crippen molar-refractivity contribution in [3.8, 4) is 5.75 Å². The smallest absolute Gasteiger partial charge is 0.141 e. The normalized spacial score (nSPS) is 11.4. The highest BCUT2D eigenvalue weighted by Gasteiger charge is 1.96. The second-order valence-corrected chi connectivity index (χ2v) is 3.24. The standard InChI is InChI=1S/C11H16N2O3/c1-15-10-4-2-9(3-5-10)8-16-7-6-11(12)13-14/h2-5,14H,6-8H2,1H3,(H2,12,13). The highest BCUT2D eigenvalue weighted by Crippen LogP contribution is 2.11. The van der Waals surface area contributed by atoms with E-state index in [0.29, 0.717) is 19.6 Å². The second kappa shape index (κ2) is 6.68. The molecule has 3 N–H and O–H groups in total. The van der Waals surface area contributed by atoms with Gasteiger partial charge in [-0.2, -0.15) is 0 Å². The molecule has 1 aromatic carbocycles. The van der Waals surface area contributed by atoms with Crippen molar-refractivity contribution < 1.29 is 14.7 Å². The van der Waals surface area contributed by atoms with Gasteiger partial charge in [-0.15, -0.1) is 0 Å². The number of amidine groups is 1. The summed E-state index contributed by atoms with van der Waals surface area (Å²) < 4.78 is 10.4. The summed E-state index contributed by atoms with van der Waals surface area (Å²) in [6, 6.07) is 7.62. The average molecular weight is 224 g/mol. The summed E-state index contributed by atoms with van der Waals surface area (Å²) in [7, 11) is 1.63. The lowest BCUT2D eigenvalue weighted by Crippen LogP contribution is -2.14. The molecule has 0 fully saturated rings. The summed E-state index contributed by atoms with van der Waals surface area (Å²) in [6.45, 7) is 0.935. The Morgan fingerprint density at radius 2 is 2.06 bits per heavy atom. The number of methoxy groups -OCH3 is 1. The first kappa shape index (κ1) is 12.3. The summed E-state index contributed by atoms with van der Waals surface area (Å²) in [5.74, 6) is 0.995. The number of hydrogen-bond acceptors (Lipinski definition) is 4. The van der Waals surface area contributed by atoms with Gasteiger partial charge in [0.15, 0.2) is 0 Å². The maximum atomic E-state index is 8.30. The summed E-state index contributed by atoms with van der Waals surface area (Å²) in [6.07, 6.45) is 0.423. The van der Waals surface area contributed by atoms with E-state index in [1.165, 1.54) is 0 Å². The van der Waals surface area contributed by atoms with Crippen LogP contribution >= 0.6 is 0 Å². The van der Waals surface area contributed by atoms with Gasteiger partial charge >= 0.3 is 0 Å². The summed E-state index contributed by atoms with van der Waals surface area (Å²) >= 11 is 0. The zero-order chi connectivity index (χ0) is 11.8. The number of hydrogen-bond donors (Lipinski definition) is 2. The fourth-order valence-electron chi connectivity index (χ4n) is 1.14. The van der Waals surface area contributed by atoms with E-state index < -0.39 is 0 Å². The van der Waals surface area contributed by atoms with Crippen molar-refractivity contribution in [1.82, 2.24) is 0 Å². The minimum absolute atomic E-state index is 0.176. The Kier molecular flexibility index (Phi) is 5.15. The molecule has 0 aliphatic rings. The van der Waals surface area contributed by atoms with Crippen molar-refractivity contribution >= 4 is 5.84 Å². The van der Waals surface area contributed by atoms with E-state index in [-0.39, 0.29) is 5.84 Å². The van der Waals surface area contributed by atoms with Crippen molar-refractivity contribution in [1.29, 1.82) is 0 Å². The Hall–Kier alpha value is -1.75. The molecule has 0 amide bonds. The lowest BCUT2D eigenvalue weighted by atomic mass is 10.2. The van der Waals surface area contributed by atoms with Gasteiger partial charge in [0, 0.05) is 6.42 Å². The molecule has 0 saturated heterocycles. The topological polar surface area (TPSA) is 77.1 Å². The van der Waals surface area contributed by atoms with E-state index in [1.54, 1.807) is 7.11 Å². The van der Waals surface area contributed by atoms with Crippen LogP contribution in [0.3, 0.4) is 0 Å². The van der Waals surface area contributed by atoms with Crippen LogP contribution in [0.15, 0.2) is 29.4 Å². The third-order valence-corrected chi connectivity index (χ3v) is 2.06. The molecular formula is C11H16N2O3. The highest BCUT2D eigenvalue weighted by atomic mass is 16.5. The minimum Gasteiger partial charge on any atom is -0.497 e. The van der Waals surface area contributed by atoms with Crippen molar-refractivity contribution in [2.24, 2.45) is 10.9 Å². The molecule has 0 aromatic heterocycles. The monoisotopic (exact) mass is 224 g/mol. The van der Waals surface area contributed by atoms with E-state index in [9.17, 15) is 0 Å². The van der Waals surface area contributed by atoms with Crippen LogP contribution in [0.5, 0.6) is 5.75 Å². The Balaban J connectivity index is 2.26. The van der Waals surface area contributed by atoms with Crippen molar-refractivity contribution in [3.63, 3.8) is 0 Å². The number of ether oxygens (including phenoxy) is 2. The quantitative estimate of drug-likeness (QED) is 0.251. The molecule has 88 valence electrons. The zero-order valence-electron chi connectivity index (χ0n) is 9.22. The summed E-state index contributed by atoms with van der Waals surface area (Å²) in [4.78, 5) is 0. The molecule has 0 aliphatic carbocycles. The van der Waals surface area contributed by atoms with E-state index >= 15 is 0 Å². The minimum atomic E-state index is 0.176. The van der Waals surface area contributed by atoms with Gasteiger partial charge in [0.2, 0.25) is 0 Å². The van der Waals surface area contributed by atoms with Crippen LogP contribution in [0.4, 0.5) is 0 Å². The number of oxime groups is 1. The van der Waals surface area contributed by atoms with Crippen molar-refractivity contribution in [2.45, 2.75) is 13.0 Å². The first-order valence-corrected chi connectivity index (χ1v) is 4.93. The molecule has 0 unspecified atom stereocenters. The van der Waals surface area contributed by atoms with Gasteiger partial charge in [-0.1, -0.05) is 17.3 Å². The predicted octanol–water partition coefficient (Wildman–Crippen LogP) is 1.35. The fraction of sp³-hybridized carbons (Fsp3) is 0.364. The van der Waals surface area contributed by atoms with Crippen LogP contribution < -0.4 is 10.5 Å². The van der Waals surface area contributed by atoms with Crippen LogP contribution in [0.2, 0.25) is 0 Å². The lowest BCUT2D eigenvalue weighted by Gasteiger charge is -2.04. The largest absolute Gasteiger partial charge is 0.497 e. The average Bonchev–Trinajstić information content (AvgIpc) is 2.35. The number of nitrogens with two attached hydrogens (primary N) is 1. The van der Waals surface area contributed by atoms with E-state index in [4.69, 9.17) is 20.4 Å². The molecule has 5 heteroatoms. The Morgan fingerprint density at radius 1 is 1.38 bits per heavy atom. The van der Waals surface area contributed by atoms with Gasteiger partial charge in [0.1, 0.15) is 11.6 Å². The number of benzene rings is 1. The second-order valence-electron chi connectivity index (χ2n) is 3.24. The molecule has 0 bridgehead atoms. The molecule has 0 atom stereocenters. The van der Waals surface area contributed by atoms with Gasteiger partial charge in [0.05, 0.1) is 20.3 Å². The van der Waals surface area contributed by atoms with Crippen LogP contribution in [0, 0.1) is 0 Å². The Morgan fingerprint density at radius 3 is 2.62 bits per heavy atom. The fourth-order valence-corrected chi connectivity index (χ4v) is 1.14. The van der Waals surface area contributed by atoms with E-state index in [0.717, 1.165) is 11.3 Å². The maximum Gasteiger partial charge on any atom is 0.141 e. The zero-order valence-corrected chi connectivity index (χ0v) is 9.22. The first-order valence-electron chi connectivity index (χ1n) is 4.93. The number of rotatable bonds is 6. The van der Waals surface area contributed by atoms with Crippen molar-refractivity contribution in [2.75, 3.05) is 13.7 Å². The molecule has 5 nitrogen and oxygen atoms in total. The van der Waals surface area contributed by atoms with E-state index in [2.05, 4.69) is 5.16 Å². The molecule has 1 aromatic rings. The van der Waals surface area contributed by atoms with Crippen LogP contribution in [-0.2, 0) is 11.3 Å². The molecular weight excluding hydrogens is 208 g/mol. The van der Waals surface area contributed by atoms with Crippen LogP contribution in [-0.4, -0.2) is 24.8 Å². The Labute approximate surface area is 94.5 Å². The molecule has 1 rings (SSSR count). The maximum absolute atomic E-state index is 8.30. The van der Waals surface area contributed by atoms with E-state index in [1.807, 2.05) is 24.3 Å². The summed E-state index contributed by atoms with van der Waals surface area (Å²) in [5.41, 5.74) is 6.35. The third-order valence-electron chi connectivity index (χ3n) is 2.06. The van der Waals surface area contributed by atoms with Gasteiger partial charge in [-0.3, -0.25) is 0 Å². The van der Waals surface area contributed by atoms with Gasteiger partial charge in [0.25, 0.3) is 0 Å². The van der Waals surface area contributed by atoms with Gasteiger partial charge < -0.3 is 20.4 Å². The predicted molar refractivity (Wildman–Crippen MR) is 60.7 cm³/mol. The van der Waals surface area contributed by atoms with Crippen LogP contribution in [0.1, 0.15) is 12.0 Å². The molecule has 16 heavy (non-hydrogen) atoms. The highest BCUT2D eigenvalue weighted by molar-refractivity contribution is 5.79. The SMILES string of the molecule is COc1ccc(COCC/C(N)=N/O)cc1. The Bertz CT molecular complexity index is 336. The third kappa shape index (κ3) is 4.18.